The van der Waals surface area contributed by atoms with Crippen molar-refractivity contribution in [3.8, 4) is 11.5 Å². The topological polar surface area (TPSA) is 93.5 Å². The van der Waals surface area contributed by atoms with Crippen LogP contribution in [-0.2, 0) is 6.54 Å². The van der Waals surface area contributed by atoms with Crippen LogP contribution in [0.3, 0.4) is 0 Å². The van der Waals surface area contributed by atoms with Crippen LogP contribution in [0.25, 0.3) is 0 Å². The molecule has 2 N–H and O–H groups in total. The Balaban J connectivity index is 1.94. The van der Waals surface area contributed by atoms with E-state index in [1.807, 2.05) is 6.92 Å². The zero-order valence-electron chi connectivity index (χ0n) is 13.1. The van der Waals surface area contributed by atoms with Crippen molar-refractivity contribution >= 4 is 5.91 Å². The Bertz CT molecular complexity index is 755. The zero-order chi connectivity index (χ0) is 16.8. The van der Waals surface area contributed by atoms with Crippen LogP contribution in [0.1, 0.15) is 22.3 Å². The second kappa shape index (κ2) is 7.44. The molecule has 1 amide bonds. The highest BCUT2D eigenvalue weighted by molar-refractivity contribution is 5.97. The summed E-state index contributed by atoms with van der Waals surface area (Å²) in [5, 5.41) is 12.7. The Hall–Kier alpha value is -2.83. The second-order valence-corrected chi connectivity index (χ2v) is 5.07. The Morgan fingerprint density at radius 1 is 1.43 bits per heavy atom. The Morgan fingerprint density at radius 3 is 2.91 bits per heavy atom. The van der Waals surface area contributed by atoms with Gasteiger partial charge in [-0.2, -0.15) is 0 Å². The van der Waals surface area contributed by atoms with Crippen molar-refractivity contribution in [1.82, 2.24) is 14.9 Å². The summed E-state index contributed by atoms with van der Waals surface area (Å²) >= 11 is 0. The number of nitrogens with one attached hydrogen (secondary N) is 1. The maximum absolute atomic E-state index is 12.2. The number of methoxy groups -OCH3 is 1. The average molecular weight is 317 g/mol. The molecule has 0 radical (unpaired) electrons. The summed E-state index contributed by atoms with van der Waals surface area (Å²) in [4.78, 5) is 27.2. The van der Waals surface area contributed by atoms with Crippen LogP contribution in [0.4, 0.5) is 0 Å². The van der Waals surface area contributed by atoms with Crippen molar-refractivity contribution < 1.29 is 14.6 Å². The number of hydrogen-bond donors (Lipinski definition) is 2. The maximum atomic E-state index is 12.2. The van der Waals surface area contributed by atoms with Gasteiger partial charge in [0.2, 0.25) is 0 Å². The molecule has 2 rings (SSSR count). The van der Waals surface area contributed by atoms with E-state index in [0.717, 1.165) is 5.56 Å². The second-order valence-electron chi connectivity index (χ2n) is 5.07. The number of amides is 1. The first-order chi connectivity index (χ1) is 11.0. The van der Waals surface area contributed by atoms with Crippen LogP contribution in [0.5, 0.6) is 11.5 Å². The summed E-state index contributed by atoms with van der Waals surface area (Å²) in [5.41, 5.74) is 0.659. The van der Waals surface area contributed by atoms with Crippen molar-refractivity contribution in [3.63, 3.8) is 0 Å². The number of benzene rings is 1. The number of aryl methyl sites for hydroxylation is 2. The molecule has 0 aliphatic carbocycles. The lowest BCUT2D eigenvalue weighted by Gasteiger charge is -2.11. The van der Waals surface area contributed by atoms with Gasteiger partial charge in [0.25, 0.3) is 5.91 Å². The lowest BCUT2D eigenvalue weighted by Crippen LogP contribution is -2.27. The van der Waals surface area contributed by atoms with E-state index in [1.54, 1.807) is 24.4 Å². The Labute approximate surface area is 133 Å². The number of carbonyl (C=O) groups is 1. The van der Waals surface area contributed by atoms with Gasteiger partial charge in [0.05, 0.1) is 12.7 Å². The minimum absolute atomic E-state index is 0.167. The molecule has 0 aliphatic heterocycles. The van der Waals surface area contributed by atoms with Crippen LogP contribution in [0, 0.1) is 6.92 Å². The van der Waals surface area contributed by atoms with Crippen LogP contribution in [0.15, 0.2) is 35.4 Å². The number of carbonyl (C=O) groups excluding carboxylic acids is 1. The van der Waals surface area contributed by atoms with Gasteiger partial charge in [-0.05, 0) is 37.1 Å². The van der Waals surface area contributed by atoms with Crippen molar-refractivity contribution in [2.75, 3.05) is 13.7 Å². The monoisotopic (exact) mass is 317 g/mol. The zero-order valence-corrected chi connectivity index (χ0v) is 13.1. The molecule has 7 nitrogen and oxygen atoms in total. The van der Waals surface area contributed by atoms with E-state index in [-0.39, 0.29) is 28.7 Å². The van der Waals surface area contributed by atoms with E-state index < -0.39 is 0 Å². The van der Waals surface area contributed by atoms with E-state index in [1.165, 1.54) is 17.9 Å². The van der Waals surface area contributed by atoms with Gasteiger partial charge in [0.15, 0.2) is 11.5 Å². The fraction of sp³-hybridized carbons (Fsp3) is 0.312. The number of ether oxygens (including phenoxy) is 1. The minimum atomic E-state index is -0.386. The minimum Gasteiger partial charge on any atom is -0.504 e. The Kier molecular flexibility index (Phi) is 5.35. The lowest BCUT2D eigenvalue weighted by molar-refractivity contribution is 0.0949. The smallest absolute Gasteiger partial charge is 0.347 e. The van der Waals surface area contributed by atoms with Crippen LogP contribution >= 0.6 is 0 Å². The SMILES string of the molecule is COc1cc(C)cc(C(=O)NCCCn2cccnc2=O)c1O. The molecule has 0 bridgehead atoms. The number of nitrogens with zero attached hydrogens (tertiary/aromatic N) is 2. The third-order valence-electron chi connectivity index (χ3n) is 3.33. The third kappa shape index (κ3) is 4.09. The van der Waals surface area contributed by atoms with Gasteiger partial charge >= 0.3 is 5.69 Å². The molecule has 0 aliphatic rings. The normalized spacial score (nSPS) is 10.3. The molecule has 0 saturated heterocycles. The molecule has 0 atom stereocenters. The van der Waals surface area contributed by atoms with E-state index in [4.69, 9.17) is 4.74 Å². The molecule has 122 valence electrons. The van der Waals surface area contributed by atoms with Gasteiger partial charge < -0.3 is 15.2 Å². The molecule has 0 fully saturated rings. The fourth-order valence-electron chi connectivity index (χ4n) is 2.18. The summed E-state index contributed by atoms with van der Waals surface area (Å²) in [5.74, 6) is -0.306. The number of hydrogen-bond acceptors (Lipinski definition) is 5. The molecular weight excluding hydrogens is 298 g/mol. The first-order valence-corrected chi connectivity index (χ1v) is 7.20. The van der Waals surface area contributed by atoms with Gasteiger partial charge in [0.1, 0.15) is 0 Å². The van der Waals surface area contributed by atoms with Crippen molar-refractivity contribution in [3.05, 3.63) is 52.2 Å². The van der Waals surface area contributed by atoms with E-state index in [2.05, 4.69) is 10.3 Å². The van der Waals surface area contributed by atoms with Gasteiger partial charge in [-0.3, -0.25) is 9.36 Å². The van der Waals surface area contributed by atoms with Gasteiger partial charge in [0, 0.05) is 25.5 Å². The number of phenolic OH excluding ortho intramolecular Hbond substituents is 1. The highest BCUT2D eigenvalue weighted by Crippen LogP contribution is 2.31. The maximum Gasteiger partial charge on any atom is 0.347 e. The summed E-state index contributed by atoms with van der Waals surface area (Å²) < 4.78 is 6.51. The van der Waals surface area contributed by atoms with Crippen molar-refractivity contribution in [2.24, 2.45) is 0 Å². The van der Waals surface area contributed by atoms with Gasteiger partial charge in [-0.15, -0.1) is 0 Å². The quantitative estimate of drug-likeness (QED) is 0.778. The first kappa shape index (κ1) is 16.5. The van der Waals surface area contributed by atoms with Crippen LogP contribution in [-0.4, -0.2) is 34.2 Å². The molecule has 7 heteroatoms. The third-order valence-corrected chi connectivity index (χ3v) is 3.33. The first-order valence-electron chi connectivity index (χ1n) is 7.20. The molecule has 1 aromatic heterocycles. The van der Waals surface area contributed by atoms with Crippen LogP contribution in [0.2, 0.25) is 0 Å². The van der Waals surface area contributed by atoms with Crippen LogP contribution < -0.4 is 15.7 Å². The molecule has 0 saturated carbocycles. The summed E-state index contributed by atoms with van der Waals surface area (Å²) in [6, 6.07) is 4.93. The summed E-state index contributed by atoms with van der Waals surface area (Å²) in [6.07, 6.45) is 3.66. The molecule has 23 heavy (non-hydrogen) atoms. The number of rotatable bonds is 6. The number of aromatic nitrogens is 2. The standard InChI is InChI=1S/C16H19N3O4/c1-11-9-12(14(20)13(10-11)23-2)15(21)17-5-3-7-19-8-4-6-18-16(19)22/h4,6,8-10,20H,3,5,7H2,1-2H3,(H,17,21). The number of aromatic hydroxyl groups is 1. The molecule has 0 unspecified atom stereocenters. The molecule has 0 spiro atoms. The highest BCUT2D eigenvalue weighted by Gasteiger charge is 2.15. The predicted molar refractivity (Wildman–Crippen MR) is 84.8 cm³/mol. The largest absolute Gasteiger partial charge is 0.504 e. The van der Waals surface area contributed by atoms with Gasteiger partial charge in [-0.25, -0.2) is 9.78 Å². The predicted octanol–water partition coefficient (Wildman–Crippen LogP) is 1.09. The summed E-state index contributed by atoms with van der Waals surface area (Å²) in [6.45, 7) is 2.64. The Morgan fingerprint density at radius 2 is 2.22 bits per heavy atom. The van der Waals surface area contributed by atoms with Crippen molar-refractivity contribution in [2.45, 2.75) is 19.9 Å². The molecule has 1 aromatic carbocycles. The molecule has 1 heterocycles. The molecular formula is C16H19N3O4. The number of phenols is 1. The average Bonchev–Trinajstić information content (AvgIpc) is 2.54. The fourth-order valence-corrected chi connectivity index (χ4v) is 2.18. The lowest BCUT2D eigenvalue weighted by atomic mass is 10.1. The van der Waals surface area contributed by atoms with E-state index >= 15 is 0 Å². The van der Waals surface area contributed by atoms with E-state index in [0.29, 0.717) is 19.5 Å². The molecule has 2 aromatic rings. The van der Waals surface area contributed by atoms with E-state index in [9.17, 15) is 14.7 Å². The highest BCUT2D eigenvalue weighted by atomic mass is 16.5. The van der Waals surface area contributed by atoms with Crippen molar-refractivity contribution in [1.29, 1.82) is 0 Å². The summed E-state index contributed by atoms with van der Waals surface area (Å²) in [7, 11) is 1.43. The van der Waals surface area contributed by atoms with Gasteiger partial charge in [-0.1, -0.05) is 0 Å².